The molecule has 1 rings (SSSR count). The minimum Gasteiger partial charge on any atom is -0.381 e. The first-order chi connectivity index (χ1) is 8.08. The molecule has 2 nitrogen and oxygen atoms in total. The van der Waals surface area contributed by atoms with E-state index < -0.39 is 0 Å². The number of rotatable bonds is 7. The van der Waals surface area contributed by atoms with E-state index in [-0.39, 0.29) is 6.04 Å². The smallest absolute Gasteiger partial charge is 0.0489 e. The van der Waals surface area contributed by atoms with Crippen molar-refractivity contribution in [2.45, 2.75) is 32.7 Å². The molecule has 96 valence electrons. The maximum Gasteiger partial charge on any atom is 0.0489 e. The van der Waals surface area contributed by atoms with Crippen LogP contribution in [0.5, 0.6) is 0 Å². The summed E-state index contributed by atoms with van der Waals surface area (Å²) in [7, 11) is 0. The zero-order chi connectivity index (χ0) is 12.7. The molecule has 1 atom stereocenters. The molecule has 0 aromatic heterocycles. The van der Waals surface area contributed by atoms with Crippen LogP contribution >= 0.6 is 15.9 Å². The Labute approximate surface area is 113 Å². The van der Waals surface area contributed by atoms with Crippen LogP contribution in [0.4, 0.5) is 0 Å². The Balaban J connectivity index is 2.20. The number of hydrogen-bond donors (Lipinski definition) is 1. The van der Waals surface area contributed by atoms with Gasteiger partial charge in [-0.1, -0.05) is 41.9 Å². The Morgan fingerprint density at radius 2 is 1.88 bits per heavy atom. The van der Waals surface area contributed by atoms with Crippen LogP contribution in [0.15, 0.2) is 28.7 Å². The van der Waals surface area contributed by atoms with E-state index in [1.54, 1.807) is 0 Å². The molecule has 0 radical (unpaired) electrons. The van der Waals surface area contributed by atoms with Crippen molar-refractivity contribution < 1.29 is 4.74 Å². The number of ether oxygens (including phenoxy) is 1. The van der Waals surface area contributed by atoms with Gasteiger partial charge in [-0.3, -0.25) is 0 Å². The van der Waals surface area contributed by atoms with E-state index in [1.165, 1.54) is 5.56 Å². The van der Waals surface area contributed by atoms with Gasteiger partial charge < -0.3 is 10.5 Å². The van der Waals surface area contributed by atoms with E-state index in [9.17, 15) is 0 Å². The average molecular weight is 300 g/mol. The van der Waals surface area contributed by atoms with Crippen molar-refractivity contribution in [1.82, 2.24) is 0 Å². The summed E-state index contributed by atoms with van der Waals surface area (Å²) in [6, 6.07) is 8.51. The monoisotopic (exact) mass is 299 g/mol. The van der Waals surface area contributed by atoms with Crippen molar-refractivity contribution in [3.8, 4) is 0 Å². The molecule has 0 saturated carbocycles. The van der Waals surface area contributed by atoms with Gasteiger partial charge in [-0.2, -0.15) is 0 Å². The minimum atomic E-state index is 0.184. The second-order valence-electron chi connectivity index (χ2n) is 4.85. The average Bonchev–Trinajstić information content (AvgIpc) is 2.27. The van der Waals surface area contributed by atoms with Gasteiger partial charge in [-0.25, -0.2) is 0 Å². The molecule has 3 heteroatoms. The zero-order valence-electron chi connectivity index (χ0n) is 10.7. The van der Waals surface area contributed by atoms with E-state index in [2.05, 4.69) is 54.0 Å². The van der Waals surface area contributed by atoms with Crippen molar-refractivity contribution >= 4 is 15.9 Å². The third kappa shape index (κ3) is 6.81. The summed E-state index contributed by atoms with van der Waals surface area (Å²) >= 11 is 3.43. The Morgan fingerprint density at radius 1 is 1.24 bits per heavy atom. The Morgan fingerprint density at radius 3 is 2.47 bits per heavy atom. The third-order valence-corrected chi connectivity index (χ3v) is 3.02. The number of benzene rings is 1. The predicted molar refractivity (Wildman–Crippen MR) is 76.1 cm³/mol. The van der Waals surface area contributed by atoms with Gasteiger partial charge >= 0.3 is 0 Å². The van der Waals surface area contributed by atoms with Crippen LogP contribution in [0.2, 0.25) is 0 Å². The summed E-state index contributed by atoms with van der Waals surface area (Å²) in [6.07, 6.45) is 1.83. The molecule has 0 amide bonds. The van der Waals surface area contributed by atoms with Gasteiger partial charge in [-0.15, -0.1) is 0 Å². The largest absolute Gasteiger partial charge is 0.381 e. The summed E-state index contributed by atoms with van der Waals surface area (Å²) in [5.74, 6) is 0.595. The molecule has 0 spiro atoms. The highest BCUT2D eigenvalue weighted by atomic mass is 79.9. The lowest BCUT2D eigenvalue weighted by atomic mass is 10.0. The van der Waals surface area contributed by atoms with Crippen LogP contribution in [-0.2, 0) is 11.2 Å². The lowest BCUT2D eigenvalue weighted by molar-refractivity contribution is 0.104. The Kier molecular flexibility index (Phi) is 6.78. The molecule has 0 aliphatic carbocycles. The summed E-state index contributed by atoms with van der Waals surface area (Å²) in [6.45, 7) is 5.89. The quantitative estimate of drug-likeness (QED) is 0.784. The molecule has 0 heterocycles. The minimum absolute atomic E-state index is 0.184. The maximum atomic E-state index is 6.07. The molecule has 0 saturated heterocycles. The predicted octanol–water partition coefficient (Wildman–Crippen LogP) is 3.38. The van der Waals surface area contributed by atoms with Gasteiger partial charge in [0.25, 0.3) is 0 Å². The highest BCUT2D eigenvalue weighted by Crippen LogP contribution is 2.12. The van der Waals surface area contributed by atoms with Crippen molar-refractivity contribution in [2.75, 3.05) is 13.2 Å². The molecule has 0 aliphatic heterocycles. The van der Waals surface area contributed by atoms with E-state index >= 15 is 0 Å². The Hall–Kier alpha value is -0.380. The fourth-order valence-corrected chi connectivity index (χ4v) is 1.84. The van der Waals surface area contributed by atoms with Crippen molar-refractivity contribution in [3.63, 3.8) is 0 Å². The second-order valence-corrected chi connectivity index (χ2v) is 5.76. The molecule has 2 N–H and O–H groups in total. The SMILES string of the molecule is CC(C)COCCC(N)Cc1ccc(Br)cc1. The normalized spacial score (nSPS) is 13.0. The van der Waals surface area contributed by atoms with Crippen molar-refractivity contribution in [3.05, 3.63) is 34.3 Å². The van der Waals surface area contributed by atoms with Crippen LogP contribution in [0, 0.1) is 5.92 Å². The first-order valence-electron chi connectivity index (χ1n) is 6.15. The van der Waals surface area contributed by atoms with E-state index in [4.69, 9.17) is 10.5 Å². The van der Waals surface area contributed by atoms with Gasteiger partial charge in [0, 0.05) is 23.7 Å². The van der Waals surface area contributed by atoms with Gasteiger partial charge in [-0.05, 0) is 36.5 Å². The molecule has 17 heavy (non-hydrogen) atoms. The fourth-order valence-electron chi connectivity index (χ4n) is 1.58. The number of halogens is 1. The topological polar surface area (TPSA) is 35.2 Å². The Bertz CT molecular complexity index is 311. The first kappa shape index (κ1) is 14.7. The summed E-state index contributed by atoms with van der Waals surface area (Å²) in [4.78, 5) is 0. The molecule has 0 bridgehead atoms. The fraction of sp³-hybridized carbons (Fsp3) is 0.571. The number of nitrogens with two attached hydrogens (primary N) is 1. The summed E-state index contributed by atoms with van der Waals surface area (Å²) in [5, 5.41) is 0. The first-order valence-corrected chi connectivity index (χ1v) is 6.95. The maximum absolute atomic E-state index is 6.07. The molecule has 0 aliphatic rings. The van der Waals surface area contributed by atoms with E-state index in [0.29, 0.717) is 5.92 Å². The lowest BCUT2D eigenvalue weighted by Gasteiger charge is -2.13. The van der Waals surface area contributed by atoms with Crippen LogP contribution in [0.1, 0.15) is 25.8 Å². The van der Waals surface area contributed by atoms with Gasteiger partial charge in [0.2, 0.25) is 0 Å². The van der Waals surface area contributed by atoms with Crippen LogP contribution in [-0.4, -0.2) is 19.3 Å². The molecule has 0 fully saturated rings. The van der Waals surface area contributed by atoms with Crippen molar-refractivity contribution in [1.29, 1.82) is 0 Å². The van der Waals surface area contributed by atoms with E-state index in [0.717, 1.165) is 30.5 Å². The zero-order valence-corrected chi connectivity index (χ0v) is 12.2. The van der Waals surface area contributed by atoms with Crippen LogP contribution < -0.4 is 5.73 Å². The van der Waals surface area contributed by atoms with Crippen LogP contribution in [0.25, 0.3) is 0 Å². The van der Waals surface area contributed by atoms with Gasteiger partial charge in [0.15, 0.2) is 0 Å². The summed E-state index contributed by atoms with van der Waals surface area (Å²) < 4.78 is 6.64. The van der Waals surface area contributed by atoms with Crippen molar-refractivity contribution in [2.24, 2.45) is 11.7 Å². The third-order valence-electron chi connectivity index (χ3n) is 2.50. The molecule has 1 unspecified atom stereocenters. The number of hydrogen-bond acceptors (Lipinski definition) is 2. The lowest BCUT2D eigenvalue weighted by Crippen LogP contribution is -2.25. The van der Waals surface area contributed by atoms with Gasteiger partial charge in [0.05, 0.1) is 0 Å². The van der Waals surface area contributed by atoms with E-state index in [1.807, 2.05) is 0 Å². The standard InChI is InChI=1S/C14H22BrNO/c1-11(2)10-17-8-7-14(16)9-12-3-5-13(15)6-4-12/h3-6,11,14H,7-10,16H2,1-2H3. The highest BCUT2D eigenvalue weighted by Gasteiger charge is 2.04. The molecule has 1 aromatic carbocycles. The molecule has 1 aromatic rings. The summed E-state index contributed by atoms with van der Waals surface area (Å²) in [5.41, 5.74) is 7.35. The highest BCUT2D eigenvalue weighted by molar-refractivity contribution is 9.10. The molecular formula is C14H22BrNO. The second kappa shape index (κ2) is 7.85. The van der Waals surface area contributed by atoms with Gasteiger partial charge in [0.1, 0.15) is 0 Å². The van der Waals surface area contributed by atoms with Crippen LogP contribution in [0.3, 0.4) is 0 Å². The molecular weight excluding hydrogens is 278 g/mol.